The molecule has 3 aromatic rings. The van der Waals surface area contributed by atoms with E-state index in [1.165, 1.54) is 5.56 Å². The first-order chi connectivity index (χ1) is 15.6. The molecule has 8 nitrogen and oxygen atoms in total. The van der Waals surface area contributed by atoms with Gasteiger partial charge in [0.05, 0.1) is 20.3 Å². The minimum atomic E-state index is 0.00648. The zero-order chi connectivity index (χ0) is 22.3. The van der Waals surface area contributed by atoms with Crippen LogP contribution in [0.1, 0.15) is 17.0 Å². The Morgan fingerprint density at radius 1 is 1.09 bits per heavy atom. The van der Waals surface area contributed by atoms with Crippen molar-refractivity contribution in [1.82, 2.24) is 19.9 Å². The molecule has 2 heterocycles. The normalized spacial score (nSPS) is 14.5. The Morgan fingerprint density at radius 3 is 2.62 bits per heavy atom. The molecule has 1 saturated heterocycles. The highest BCUT2D eigenvalue weighted by molar-refractivity contribution is 5.77. The summed E-state index contributed by atoms with van der Waals surface area (Å²) in [4.78, 5) is 21.0. The zero-order valence-electron chi connectivity index (χ0n) is 18.5. The molecular formula is C24H28N4O4. The number of hydrogen-bond donors (Lipinski definition) is 0. The first-order valence-electron chi connectivity index (χ1n) is 10.7. The number of carbonyl (C=O) groups is 1. The molecule has 32 heavy (non-hydrogen) atoms. The number of rotatable bonds is 8. The maximum absolute atomic E-state index is 12.5. The summed E-state index contributed by atoms with van der Waals surface area (Å²) in [7, 11) is 1.63. The van der Waals surface area contributed by atoms with Crippen LogP contribution in [0.3, 0.4) is 0 Å². The van der Waals surface area contributed by atoms with Crippen LogP contribution in [0.2, 0.25) is 0 Å². The number of aryl methyl sites for hydroxylation is 1. The van der Waals surface area contributed by atoms with Crippen molar-refractivity contribution in [1.29, 1.82) is 0 Å². The van der Waals surface area contributed by atoms with Gasteiger partial charge in [0.25, 0.3) is 0 Å². The molecule has 1 aliphatic heterocycles. The van der Waals surface area contributed by atoms with Gasteiger partial charge in [-0.15, -0.1) is 0 Å². The molecule has 168 valence electrons. The van der Waals surface area contributed by atoms with Crippen molar-refractivity contribution < 1.29 is 18.8 Å². The number of aromatic nitrogens is 2. The molecule has 0 radical (unpaired) electrons. The number of nitrogens with zero attached hydrogens (tertiary/aromatic N) is 4. The quantitative estimate of drug-likeness (QED) is 0.537. The second-order valence-electron chi connectivity index (χ2n) is 7.88. The Morgan fingerprint density at radius 2 is 1.88 bits per heavy atom. The number of carbonyl (C=O) groups excluding carboxylic acids is 1. The van der Waals surface area contributed by atoms with Crippen LogP contribution < -0.4 is 4.74 Å². The largest absolute Gasteiger partial charge is 0.497 e. The van der Waals surface area contributed by atoms with Crippen molar-refractivity contribution in [2.24, 2.45) is 0 Å². The lowest BCUT2D eigenvalue weighted by Gasteiger charge is -2.33. The van der Waals surface area contributed by atoms with Gasteiger partial charge in [0.2, 0.25) is 17.6 Å². The van der Waals surface area contributed by atoms with E-state index in [0.717, 1.165) is 30.0 Å². The highest BCUT2D eigenvalue weighted by Crippen LogP contribution is 2.17. The molecule has 0 N–H and O–H groups in total. The van der Waals surface area contributed by atoms with Crippen molar-refractivity contribution in [2.75, 3.05) is 39.9 Å². The summed E-state index contributed by atoms with van der Waals surface area (Å²) in [6, 6.07) is 15.7. The fourth-order valence-electron chi connectivity index (χ4n) is 3.60. The third-order valence-electron chi connectivity index (χ3n) is 5.49. The number of methoxy groups -OCH3 is 1. The van der Waals surface area contributed by atoms with Gasteiger partial charge in [-0.1, -0.05) is 47.1 Å². The number of piperazine rings is 1. The lowest BCUT2D eigenvalue weighted by Crippen LogP contribution is -2.49. The molecule has 0 saturated carbocycles. The minimum absolute atomic E-state index is 0.00648. The van der Waals surface area contributed by atoms with Gasteiger partial charge in [0.15, 0.2) is 0 Å². The number of ether oxygens (including phenoxy) is 2. The van der Waals surface area contributed by atoms with E-state index in [9.17, 15) is 4.79 Å². The van der Waals surface area contributed by atoms with E-state index < -0.39 is 0 Å². The molecule has 0 atom stereocenters. The van der Waals surface area contributed by atoms with Gasteiger partial charge in [0.1, 0.15) is 12.4 Å². The summed E-state index contributed by atoms with van der Waals surface area (Å²) >= 11 is 0. The lowest BCUT2D eigenvalue weighted by atomic mass is 10.1. The molecule has 2 aromatic carbocycles. The van der Waals surface area contributed by atoms with E-state index in [1.807, 2.05) is 60.4 Å². The van der Waals surface area contributed by atoms with Crippen LogP contribution in [0.15, 0.2) is 53.1 Å². The van der Waals surface area contributed by atoms with E-state index >= 15 is 0 Å². The topological polar surface area (TPSA) is 80.9 Å². The third kappa shape index (κ3) is 5.72. The van der Waals surface area contributed by atoms with Crippen LogP contribution in [-0.4, -0.2) is 65.7 Å². The van der Waals surface area contributed by atoms with E-state index in [1.54, 1.807) is 7.11 Å². The van der Waals surface area contributed by atoms with E-state index in [-0.39, 0.29) is 12.5 Å². The molecule has 0 spiro atoms. The van der Waals surface area contributed by atoms with E-state index in [2.05, 4.69) is 15.0 Å². The molecule has 0 aliphatic carbocycles. The number of amides is 1. The average Bonchev–Trinajstić information content (AvgIpc) is 3.28. The molecule has 0 unspecified atom stereocenters. The predicted octanol–water partition coefficient (Wildman–Crippen LogP) is 2.91. The maximum Gasteiger partial charge on any atom is 0.248 e. The van der Waals surface area contributed by atoms with Gasteiger partial charge in [-0.3, -0.25) is 9.69 Å². The molecule has 4 rings (SSSR count). The summed E-state index contributed by atoms with van der Waals surface area (Å²) in [5.74, 6) is 1.97. The van der Waals surface area contributed by atoms with Crippen molar-refractivity contribution >= 4 is 5.91 Å². The number of hydrogen-bond acceptors (Lipinski definition) is 7. The zero-order valence-corrected chi connectivity index (χ0v) is 18.5. The first kappa shape index (κ1) is 22.0. The Labute approximate surface area is 187 Å². The average molecular weight is 437 g/mol. The van der Waals surface area contributed by atoms with Gasteiger partial charge in [-0.05, 0) is 24.6 Å². The fourth-order valence-corrected chi connectivity index (χ4v) is 3.60. The monoisotopic (exact) mass is 436 g/mol. The van der Waals surface area contributed by atoms with Crippen LogP contribution in [0.5, 0.6) is 5.75 Å². The molecule has 0 bridgehead atoms. The summed E-state index contributed by atoms with van der Waals surface area (Å²) in [6.07, 6.45) is 0. The van der Waals surface area contributed by atoms with Crippen LogP contribution in [0.4, 0.5) is 0 Å². The third-order valence-corrected chi connectivity index (χ3v) is 5.49. The van der Waals surface area contributed by atoms with Gasteiger partial charge in [0, 0.05) is 31.7 Å². The Balaban J connectivity index is 1.20. The second-order valence-corrected chi connectivity index (χ2v) is 7.88. The minimum Gasteiger partial charge on any atom is -0.497 e. The van der Waals surface area contributed by atoms with Gasteiger partial charge >= 0.3 is 0 Å². The van der Waals surface area contributed by atoms with Crippen molar-refractivity contribution in [2.45, 2.75) is 20.1 Å². The smallest absolute Gasteiger partial charge is 0.248 e. The fraction of sp³-hybridized carbons (Fsp3) is 0.375. The SMILES string of the molecule is COc1cccc(COCC(=O)N2CCN(Cc3nc(-c4ccc(C)cc4)no3)CC2)c1. The first-order valence-corrected chi connectivity index (χ1v) is 10.7. The van der Waals surface area contributed by atoms with Crippen molar-refractivity contribution in [3.8, 4) is 17.1 Å². The molecule has 8 heteroatoms. The van der Waals surface area contributed by atoms with Crippen LogP contribution >= 0.6 is 0 Å². The van der Waals surface area contributed by atoms with Crippen LogP contribution in [0.25, 0.3) is 11.4 Å². The lowest BCUT2D eigenvalue weighted by molar-refractivity contribution is -0.138. The number of benzene rings is 2. The van der Waals surface area contributed by atoms with Gasteiger partial charge in [-0.2, -0.15) is 4.98 Å². The van der Waals surface area contributed by atoms with Gasteiger partial charge < -0.3 is 18.9 Å². The Hall–Kier alpha value is -3.23. The van der Waals surface area contributed by atoms with Crippen LogP contribution in [-0.2, 0) is 22.7 Å². The summed E-state index contributed by atoms with van der Waals surface area (Å²) in [6.45, 7) is 5.88. The molecule has 1 aliphatic rings. The standard InChI is InChI=1S/C24H28N4O4/c1-18-6-8-20(9-7-18)24-25-22(32-26-24)15-27-10-12-28(13-11-27)23(29)17-31-16-19-4-3-5-21(14-19)30-2/h3-9,14H,10-13,15-17H2,1-2H3. The molecule has 1 fully saturated rings. The Kier molecular flexibility index (Phi) is 7.14. The maximum atomic E-state index is 12.5. The van der Waals surface area contributed by atoms with E-state index in [4.69, 9.17) is 14.0 Å². The Bertz CT molecular complexity index is 1030. The van der Waals surface area contributed by atoms with Crippen molar-refractivity contribution in [3.05, 3.63) is 65.5 Å². The summed E-state index contributed by atoms with van der Waals surface area (Å²) in [5.41, 5.74) is 3.11. The predicted molar refractivity (Wildman–Crippen MR) is 119 cm³/mol. The molecule has 1 amide bonds. The van der Waals surface area contributed by atoms with Crippen LogP contribution in [0, 0.1) is 6.92 Å². The highest BCUT2D eigenvalue weighted by Gasteiger charge is 2.22. The second kappa shape index (κ2) is 10.4. The summed E-state index contributed by atoms with van der Waals surface area (Å²) < 4.78 is 16.2. The highest BCUT2D eigenvalue weighted by atomic mass is 16.5. The molecular weight excluding hydrogens is 408 g/mol. The summed E-state index contributed by atoms with van der Waals surface area (Å²) in [5, 5.41) is 4.09. The van der Waals surface area contributed by atoms with Gasteiger partial charge in [-0.25, -0.2) is 0 Å². The van der Waals surface area contributed by atoms with Crippen molar-refractivity contribution in [3.63, 3.8) is 0 Å². The van der Waals surface area contributed by atoms with E-state index in [0.29, 0.717) is 38.0 Å². The molecule has 1 aromatic heterocycles.